The average molecular weight is 245 g/mol. The Morgan fingerprint density at radius 2 is 2.31 bits per heavy atom. The summed E-state index contributed by atoms with van der Waals surface area (Å²) in [5.74, 6) is 1.66. The number of hydrogen-bond donors (Lipinski definition) is 1. The van der Waals surface area contributed by atoms with Crippen LogP contribution in [0.15, 0.2) is 21.2 Å². The highest BCUT2D eigenvalue weighted by molar-refractivity contribution is 9.10. The highest BCUT2D eigenvalue weighted by atomic mass is 79.9. The molecule has 72 valence electrons. The molecule has 13 heavy (non-hydrogen) atoms. The van der Waals surface area contributed by atoms with Crippen LogP contribution in [-0.2, 0) is 0 Å². The Hall–Kier alpha value is -0.280. The molecule has 0 saturated heterocycles. The topological polar surface area (TPSA) is 33.4 Å². The van der Waals surface area contributed by atoms with E-state index in [4.69, 9.17) is 4.42 Å². The highest BCUT2D eigenvalue weighted by Crippen LogP contribution is 2.43. The number of rotatable bonds is 3. The van der Waals surface area contributed by atoms with Crippen LogP contribution in [-0.4, -0.2) is 5.11 Å². The number of halogens is 1. The molecule has 0 radical (unpaired) electrons. The Bertz CT molecular complexity index is 291. The maximum Gasteiger partial charge on any atom is 0.146 e. The molecule has 2 rings (SSSR count). The maximum absolute atomic E-state index is 9.95. The van der Waals surface area contributed by atoms with Crippen molar-refractivity contribution >= 4 is 15.9 Å². The van der Waals surface area contributed by atoms with E-state index < -0.39 is 6.10 Å². The average Bonchev–Trinajstić information content (AvgIpc) is 2.87. The van der Waals surface area contributed by atoms with E-state index in [1.807, 2.05) is 6.07 Å². The van der Waals surface area contributed by atoms with Gasteiger partial charge in [0.2, 0.25) is 0 Å². The van der Waals surface area contributed by atoms with Crippen molar-refractivity contribution in [3.05, 3.63) is 22.6 Å². The van der Waals surface area contributed by atoms with Crippen molar-refractivity contribution in [2.24, 2.45) is 11.8 Å². The van der Waals surface area contributed by atoms with Gasteiger partial charge in [-0.25, -0.2) is 0 Å². The van der Waals surface area contributed by atoms with Gasteiger partial charge in [0.25, 0.3) is 0 Å². The quantitative estimate of drug-likeness (QED) is 0.887. The van der Waals surface area contributed by atoms with Crippen molar-refractivity contribution in [2.75, 3.05) is 0 Å². The Labute approximate surface area is 86.1 Å². The number of furan rings is 1. The number of hydrogen-bond acceptors (Lipinski definition) is 2. The Morgan fingerprint density at radius 3 is 2.77 bits per heavy atom. The molecular formula is C10H13BrO2. The van der Waals surface area contributed by atoms with Crippen molar-refractivity contribution in [1.82, 2.24) is 0 Å². The molecule has 1 saturated carbocycles. The molecule has 0 aromatic carbocycles. The van der Waals surface area contributed by atoms with Crippen molar-refractivity contribution in [3.8, 4) is 0 Å². The molecule has 0 bridgehead atoms. The molecule has 1 aromatic heterocycles. The first-order valence-electron chi connectivity index (χ1n) is 4.61. The van der Waals surface area contributed by atoms with Gasteiger partial charge < -0.3 is 9.52 Å². The predicted molar refractivity (Wildman–Crippen MR) is 53.3 cm³/mol. The molecule has 2 unspecified atom stereocenters. The van der Waals surface area contributed by atoms with Crippen molar-refractivity contribution in [2.45, 2.75) is 25.9 Å². The van der Waals surface area contributed by atoms with Gasteiger partial charge in [0, 0.05) is 0 Å². The second kappa shape index (κ2) is 3.46. The van der Waals surface area contributed by atoms with Gasteiger partial charge in [-0.05, 0) is 46.7 Å². The maximum atomic E-state index is 9.95. The van der Waals surface area contributed by atoms with Crippen LogP contribution in [0, 0.1) is 11.8 Å². The molecule has 1 fully saturated rings. The minimum atomic E-state index is -0.461. The first-order valence-corrected chi connectivity index (χ1v) is 5.40. The molecule has 3 heteroatoms. The molecule has 1 aliphatic rings. The fourth-order valence-electron chi connectivity index (χ4n) is 1.64. The van der Waals surface area contributed by atoms with Crippen molar-refractivity contribution in [1.29, 1.82) is 0 Å². The van der Waals surface area contributed by atoms with E-state index in [9.17, 15) is 5.11 Å². The zero-order valence-electron chi connectivity index (χ0n) is 7.53. The smallest absolute Gasteiger partial charge is 0.146 e. The van der Waals surface area contributed by atoms with E-state index in [1.54, 1.807) is 6.26 Å². The first-order chi connectivity index (χ1) is 6.20. The molecule has 0 aliphatic heterocycles. The molecule has 1 aromatic rings. The minimum Gasteiger partial charge on any atom is -0.465 e. The summed E-state index contributed by atoms with van der Waals surface area (Å²) >= 11 is 3.35. The van der Waals surface area contributed by atoms with Gasteiger partial charge in [-0.15, -0.1) is 0 Å². The van der Waals surface area contributed by atoms with Gasteiger partial charge in [0.1, 0.15) is 11.9 Å². The van der Waals surface area contributed by atoms with Crippen LogP contribution in [0.3, 0.4) is 0 Å². The van der Waals surface area contributed by atoms with Gasteiger partial charge in [-0.1, -0.05) is 6.92 Å². The summed E-state index contributed by atoms with van der Waals surface area (Å²) < 4.78 is 6.10. The van der Waals surface area contributed by atoms with Gasteiger partial charge in [-0.2, -0.15) is 0 Å². The highest BCUT2D eigenvalue weighted by Gasteiger charge is 2.34. The van der Waals surface area contributed by atoms with E-state index in [0.29, 0.717) is 17.6 Å². The molecule has 1 N–H and O–H groups in total. The largest absolute Gasteiger partial charge is 0.465 e. The number of aliphatic hydroxyl groups excluding tert-OH is 1. The molecule has 1 heterocycles. The molecule has 2 atom stereocenters. The van der Waals surface area contributed by atoms with Crippen molar-refractivity contribution < 1.29 is 9.52 Å². The first kappa shape index (κ1) is 9.28. The van der Waals surface area contributed by atoms with E-state index >= 15 is 0 Å². The SMILES string of the molecule is CC(C1CC1)C(O)c1occc1Br. The second-order valence-electron chi connectivity index (χ2n) is 3.77. The molecule has 2 nitrogen and oxygen atoms in total. The lowest BCUT2D eigenvalue weighted by atomic mass is 9.98. The monoisotopic (exact) mass is 244 g/mol. The Balaban J connectivity index is 2.11. The summed E-state index contributed by atoms with van der Waals surface area (Å²) in [6, 6.07) is 1.82. The molecule has 0 amide bonds. The summed E-state index contributed by atoms with van der Waals surface area (Å²) in [6.45, 7) is 2.08. The van der Waals surface area contributed by atoms with Crippen LogP contribution in [0.2, 0.25) is 0 Å². The summed E-state index contributed by atoms with van der Waals surface area (Å²) in [6.07, 6.45) is 3.63. The fraction of sp³-hybridized carbons (Fsp3) is 0.600. The molecule has 1 aliphatic carbocycles. The van der Waals surface area contributed by atoms with Crippen LogP contribution in [0.5, 0.6) is 0 Å². The summed E-state index contributed by atoms with van der Waals surface area (Å²) in [4.78, 5) is 0. The van der Waals surface area contributed by atoms with Crippen LogP contribution in [0.25, 0.3) is 0 Å². The van der Waals surface area contributed by atoms with Crippen LogP contribution >= 0.6 is 15.9 Å². The van der Waals surface area contributed by atoms with Crippen molar-refractivity contribution in [3.63, 3.8) is 0 Å². The normalized spacial score (nSPS) is 21.5. The van der Waals surface area contributed by atoms with E-state index in [-0.39, 0.29) is 0 Å². The van der Waals surface area contributed by atoms with E-state index in [0.717, 1.165) is 4.47 Å². The third-order valence-electron chi connectivity index (χ3n) is 2.78. The van der Waals surface area contributed by atoms with Crippen LogP contribution < -0.4 is 0 Å². The van der Waals surface area contributed by atoms with Gasteiger partial charge in [0.05, 0.1) is 10.7 Å². The molecule has 0 spiro atoms. The van der Waals surface area contributed by atoms with E-state index in [2.05, 4.69) is 22.9 Å². The zero-order chi connectivity index (χ0) is 9.42. The number of aliphatic hydroxyl groups is 1. The van der Waals surface area contributed by atoms with E-state index in [1.165, 1.54) is 12.8 Å². The summed E-state index contributed by atoms with van der Waals surface area (Å²) in [7, 11) is 0. The Morgan fingerprint density at radius 1 is 1.62 bits per heavy atom. The standard InChI is InChI=1S/C10H13BrO2/c1-6(7-2-3-7)9(12)10-8(11)4-5-13-10/h4-7,9,12H,2-3H2,1H3. The fourth-order valence-corrected chi connectivity index (χ4v) is 2.07. The predicted octanol–water partition coefficient (Wildman–Crippen LogP) is 3.12. The van der Waals surface area contributed by atoms with Gasteiger partial charge in [0.15, 0.2) is 0 Å². The summed E-state index contributed by atoms with van der Waals surface area (Å²) in [5, 5.41) is 9.95. The third kappa shape index (κ3) is 1.81. The van der Waals surface area contributed by atoms with Crippen LogP contribution in [0.1, 0.15) is 31.6 Å². The van der Waals surface area contributed by atoms with Gasteiger partial charge in [-0.3, -0.25) is 0 Å². The third-order valence-corrected chi connectivity index (χ3v) is 3.43. The molecular weight excluding hydrogens is 232 g/mol. The van der Waals surface area contributed by atoms with Gasteiger partial charge >= 0.3 is 0 Å². The second-order valence-corrected chi connectivity index (χ2v) is 4.63. The summed E-state index contributed by atoms with van der Waals surface area (Å²) in [5.41, 5.74) is 0. The Kier molecular flexibility index (Phi) is 2.47. The lowest BCUT2D eigenvalue weighted by Gasteiger charge is -2.16. The minimum absolute atomic E-state index is 0.308. The zero-order valence-corrected chi connectivity index (χ0v) is 9.12. The lowest BCUT2D eigenvalue weighted by Crippen LogP contribution is -2.10. The van der Waals surface area contributed by atoms with Crippen LogP contribution in [0.4, 0.5) is 0 Å². The lowest BCUT2D eigenvalue weighted by molar-refractivity contribution is 0.0828.